The highest BCUT2D eigenvalue weighted by Crippen LogP contribution is 2.38. The Morgan fingerprint density at radius 1 is 1.58 bits per heavy atom. The van der Waals surface area contributed by atoms with Crippen LogP contribution >= 0.6 is 12.2 Å². The minimum absolute atomic E-state index is 0.0246. The summed E-state index contributed by atoms with van der Waals surface area (Å²) in [7, 11) is 0. The summed E-state index contributed by atoms with van der Waals surface area (Å²) >= 11 is 5.28. The molecule has 0 aliphatic carbocycles. The van der Waals surface area contributed by atoms with Crippen LogP contribution < -0.4 is 9.64 Å². The molecule has 0 saturated carbocycles. The lowest BCUT2D eigenvalue weighted by molar-refractivity contribution is -0.135. The summed E-state index contributed by atoms with van der Waals surface area (Å²) in [6.45, 7) is 3.48. The van der Waals surface area contributed by atoms with Crippen LogP contribution in [0.4, 0.5) is 10.1 Å². The van der Waals surface area contributed by atoms with Gasteiger partial charge in [-0.25, -0.2) is 4.39 Å². The fraction of sp³-hybridized carbons (Fsp3) is 0.385. The maximum atomic E-state index is 13.8. The molecule has 1 atom stereocenters. The van der Waals surface area contributed by atoms with Crippen molar-refractivity contribution in [2.75, 3.05) is 11.4 Å². The van der Waals surface area contributed by atoms with Crippen LogP contribution in [0.25, 0.3) is 0 Å². The lowest BCUT2D eigenvalue weighted by Gasteiger charge is -2.37. The number of fused-ring (bicyclic) bond motifs is 1. The number of benzene rings is 1. The number of para-hydroxylation sites is 1. The minimum atomic E-state index is -1.03. The Morgan fingerprint density at radius 2 is 2.26 bits per heavy atom. The van der Waals surface area contributed by atoms with E-state index in [9.17, 15) is 9.18 Å². The molecule has 0 bridgehead atoms. The van der Waals surface area contributed by atoms with Crippen molar-refractivity contribution in [1.82, 2.24) is 0 Å². The van der Waals surface area contributed by atoms with Crippen LogP contribution in [0.15, 0.2) is 18.2 Å². The summed E-state index contributed by atoms with van der Waals surface area (Å²) < 4.78 is 19.4. The van der Waals surface area contributed by atoms with Crippen molar-refractivity contribution in [3.8, 4) is 5.75 Å². The van der Waals surface area contributed by atoms with Crippen LogP contribution in [0.2, 0.25) is 0 Å². The molecular formula is C13H14FNO3S. The average molecular weight is 283 g/mol. The first-order valence-corrected chi connectivity index (χ1v) is 6.31. The van der Waals surface area contributed by atoms with E-state index in [1.807, 2.05) is 13.8 Å². The summed E-state index contributed by atoms with van der Waals surface area (Å²) in [5, 5.41) is 8.97. The number of thiocarbonyl (C=S) groups is 1. The quantitative estimate of drug-likeness (QED) is 0.864. The van der Waals surface area contributed by atoms with Crippen molar-refractivity contribution in [2.45, 2.75) is 20.0 Å². The van der Waals surface area contributed by atoms with E-state index in [-0.39, 0.29) is 18.2 Å². The van der Waals surface area contributed by atoms with Crippen molar-refractivity contribution in [1.29, 1.82) is 0 Å². The fourth-order valence-electron chi connectivity index (χ4n) is 2.00. The zero-order valence-electron chi connectivity index (χ0n) is 10.6. The molecule has 0 spiro atoms. The van der Waals surface area contributed by atoms with E-state index in [1.165, 1.54) is 17.0 Å². The van der Waals surface area contributed by atoms with E-state index >= 15 is 0 Å². The Morgan fingerprint density at radius 3 is 2.84 bits per heavy atom. The zero-order chi connectivity index (χ0) is 14.2. The molecule has 4 nitrogen and oxygen atoms in total. The van der Waals surface area contributed by atoms with Gasteiger partial charge < -0.3 is 14.7 Å². The monoisotopic (exact) mass is 283 g/mol. The molecule has 1 aliphatic rings. The van der Waals surface area contributed by atoms with Crippen molar-refractivity contribution in [3.05, 3.63) is 24.0 Å². The highest BCUT2D eigenvalue weighted by atomic mass is 32.1. The van der Waals surface area contributed by atoms with Gasteiger partial charge in [-0.2, -0.15) is 0 Å². The van der Waals surface area contributed by atoms with E-state index in [2.05, 4.69) is 0 Å². The molecule has 19 heavy (non-hydrogen) atoms. The predicted molar refractivity (Wildman–Crippen MR) is 73.2 cm³/mol. The van der Waals surface area contributed by atoms with Crippen LogP contribution in [0, 0.1) is 11.7 Å². The van der Waals surface area contributed by atoms with E-state index < -0.39 is 17.9 Å². The third kappa shape index (κ3) is 2.53. The molecule has 0 aromatic heterocycles. The van der Waals surface area contributed by atoms with Crippen LogP contribution in [0.5, 0.6) is 5.75 Å². The number of hydrogen-bond acceptors (Lipinski definition) is 3. The molecule has 1 aliphatic heterocycles. The van der Waals surface area contributed by atoms with Gasteiger partial charge in [-0.15, -0.1) is 0 Å². The maximum absolute atomic E-state index is 13.8. The molecule has 1 aromatic rings. The second-order valence-corrected chi connectivity index (χ2v) is 5.11. The molecule has 102 valence electrons. The minimum Gasteiger partial charge on any atom is -0.480 e. The molecule has 0 amide bonds. The first-order valence-electron chi connectivity index (χ1n) is 5.90. The number of carbonyl (C=O) groups is 1. The number of ether oxygens (including phenoxy) is 1. The topological polar surface area (TPSA) is 49.8 Å². The highest BCUT2D eigenvalue weighted by molar-refractivity contribution is 7.80. The normalized spacial score (nSPS) is 18.2. The van der Waals surface area contributed by atoms with Gasteiger partial charge >= 0.3 is 5.97 Å². The standard InChI is InChI=1S/C13H14FNO3S/c1-7(2)11-13(19)15(6-10(16)17)9-5-3-4-8(14)12(9)18-11/h3-5,7,11H,6H2,1-2H3,(H,16,17). The number of hydrogen-bond donors (Lipinski definition) is 1. The molecule has 0 saturated heterocycles. The largest absolute Gasteiger partial charge is 0.480 e. The van der Waals surface area contributed by atoms with E-state index in [0.29, 0.717) is 10.7 Å². The van der Waals surface area contributed by atoms with Gasteiger partial charge in [0, 0.05) is 0 Å². The Balaban J connectivity index is 2.49. The summed E-state index contributed by atoms with van der Waals surface area (Å²) in [6, 6.07) is 4.39. The SMILES string of the molecule is CC(C)C1Oc2c(F)cccc2N(CC(=O)O)C1=S. The maximum Gasteiger partial charge on any atom is 0.323 e. The van der Waals surface area contributed by atoms with Crippen LogP contribution in [0.3, 0.4) is 0 Å². The van der Waals surface area contributed by atoms with Crippen LogP contribution in [-0.4, -0.2) is 28.7 Å². The molecule has 0 radical (unpaired) electrons. The Hall–Kier alpha value is -1.69. The lowest BCUT2D eigenvalue weighted by Crippen LogP contribution is -2.49. The summed E-state index contributed by atoms with van der Waals surface area (Å²) in [5.41, 5.74) is 0.365. The van der Waals surface area contributed by atoms with Gasteiger partial charge in [-0.1, -0.05) is 32.1 Å². The molecule has 1 aromatic carbocycles. The number of aliphatic carboxylic acids is 1. The average Bonchev–Trinajstić information content (AvgIpc) is 2.32. The molecule has 1 N–H and O–H groups in total. The first kappa shape index (κ1) is 13.7. The van der Waals surface area contributed by atoms with Crippen molar-refractivity contribution < 1.29 is 19.0 Å². The molecule has 2 rings (SSSR count). The van der Waals surface area contributed by atoms with Gasteiger partial charge in [0.1, 0.15) is 11.5 Å². The number of anilines is 1. The molecule has 1 heterocycles. The Labute approximate surface area is 115 Å². The number of nitrogens with zero attached hydrogens (tertiary/aromatic N) is 1. The van der Waals surface area contributed by atoms with Crippen LogP contribution in [0.1, 0.15) is 13.8 Å². The van der Waals surface area contributed by atoms with Gasteiger partial charge in [0.25, 0.3) is 0 Å². The van der Waals surface area contributed by atoms with Gasteiger partial charge in [-0.05, 0) is 18.1 Å². The van der Waals surface area contributed by atoms with Gasteiger partial charge in [0.05, 0.1) is 5.69 Å². The predicted octanol–water partition coefficient (Wildman–Crippen LogP) is 2.46. The second kappa shape index (κ2) is 5.13. The number of carboxylic acids is 1. The second-order valence-electron chi connectivity index (χ2n) is 4.69. The number of halogens is 1. The van der Waals surface area contributed by atoms with E-state index in [4.69, 9.17) is 22.1 Å². The molecule has 6 heteroatoms. The van der Waals surface area contributed by atoms with Crippen molar-refractivity contribution in [2.24, 2.45) is 5.92 Å². The van der Waals surface area contributed by atoms with Crippen molar-refractivity contribution in [3.63, 3.8) is 0 Å². The van der Waals surface area contributed by atoms with E-state index in [0.717, 1.165) is 0 Å². The number of carboxylic acid groups (broad SMARTS) is 1. The van der Waals surface area contributed by atoms with Gasteiger partial charge in [-0.3, -0.25) is 4.79 Å². The zero-order valence-corrected chi connectivity index (χ0v) is 11.4. The first-order chi connectivity index (χ1) is 8.91. The highest BCUT2D eigenvalue weighted by Gasteiger charge is 2.35. The molecular weight excluding hydrogens is 269 g/mol. The number of rotatable bonds is 3. The molecule has 0 fully saturated rings. The van der Waals surface area contributed by atoms with Crippen molar-refractivity contribution >= 4 is 28.9 Å². The smallest absolute Gasteiger partial charge is 0.323 e. The molecule has 1 unspecified atom stereocenters. The lowest BCUT2D eigenvalue weighted by atomic mass is 10.0. The Kier molecular flexibility index (Phi) is 3.71. The summed E-state index contributed by atoms with van der Waals surface area (Å²) in [6.07, 6.45) is -0.501. The van der Waals surface area contributed by atoms with Gasteiger partial charge in [0.2, 0.25) is 0 Å². The van der Waals surface area contributed by atoms with E-state index in [1.54, 1.807) is 6.07 Å². The third-order valence-electron chi connectivity index (χ3n) is 2.89. The Bertz CT molecular complexity index is 533. The fourth-order valence-corrected chi connectivity index (χ4v) is 2.48. The summed E-state index contributed by atoms with van der Waals surface area (Å²) in [4.78, 5) is 12.7. The third-order valence-corrected chi connectivity index (χ3v) is 3.34. The van der Waals surface area contributed by atoms with Gasteiger partial charge in [0.15, 0.2) is 17.7 Å². The van der Waals surface area contributed by atoms with Crippen LogP contribution in [-0.2, 0) is 4.79 Å². The summed E-state index contributed by atoms with van der Waals surface area (Å²) in [5.74, 6) is -1.45.